The van der Waals surface area contributed by atoms with Gasteiger partial charge in [-0.3, -0.25) is 5.32 Å². The Hall–Kier alpha value is -0.160. The van der Waals surface area contributed by atoms with Crippen molar-refractivity contribution in [2.45, 2.75) is 44.6 Å². The summed E-state index contributed by atoms with van der Waals surface area (Å²) in [5.74, 6) is 0. The predicted octanol–water partition coefficient (Wildman–Crippen LogP) is 0.0806. The molecule has 2 aliphatic rings. The molecule has 0 spiro atoms. The van der Waals surface area contributed by atoms with E-state index in [9.17, 15) is 0 Å². The quantitative estimate of drug-likeness (QED) is 0.612. The van der Waals surface area contributed by atoms with Gasteiger partial charge in [0.25, 0.3) is 0 Å². The van der Waals surface area contributed by atoms with Crippen molar-refractivity contribution in [2.75, 3.05) is 7.11 Å². The Morgan fingerprint density at radius 1 is 1.42 bits per heavy atom. The molecule has 0 aliphatic carbocycles. The third-order valence-corrected chi connectivity index (χ3v) is 2.36. The van der Waals surface area contributed by atoms with E-state index < -0.39 is 0 Å². The summed E-state index contributed by atoms with van der Waals surface area (Å²) >= 11 is 0. The van der Waals surface area contributed by atoms with Crippen LogP contribution in [-0.2, 0) is 14.2 Å². The monoisotopic (exact) mass is 173 g/mol. The summed E-state index contributed by atoms with van der Waals surface area (Å²) in [7, 11) is 1.65. The van der Waals surface area contributed by atoms with Crippen molar-refractivity contribution >= 4 is 0 Å². The first-order valence-electron chi connectivity index (χ1n) is 4.32. The molecule has 12 heavy (non-hydrogen) atoms. The number of hydrogen-bond donors (Lipinski definition) is 1. The van der Waals surface area contributed by atoms with Crippen LogP contribution >= 0.6 is 0 Å². The standard InChI is InChI=1S/C8H15NO3/c1-4(6-5(2)11-6)9-7-8(10-3)12-7/h4-9H,1-3H3. The highest BCUT2D eigenvalue weighted by Gasteiger charge is 2.45. The molecule has 2 rings (SSSR count). The molecule has 2 fully saturated rings. The minimum Gasteiger partial charge on any atom is -0.368 e. The summed E-state index contributed by atoms with van der Waals surface area (Å²) in [5, 5.41) is 3.27. The van der Waals surface area contributed by atoms with Crippen molar-refractivity contribution < 1.29 is 14.2 Å². The maximum absolute atomic E-state index is 5.32. The Morgan fingerprint density at radius 3 is 2.50 bits per heavy atom. The predicted molar refractivity (Wildman–Crippen MR) is 42.6 cm³/mol. The van der Waals surface area contributed by atoms with Gasteiger partial charge in [-0.15, -0.1) is 0 Å². The fraction of sp³-hybridized carbons (Fsp3) is 1.00. The molecule has 0 aromatic rings. The van der Waals surface area contributed by atoms with Crippen molar-refractivity contribution in [2.24, 2.45) is 0 Å². The maximum Gasteiger partial charge on any atom is 0.199 e. The Labute approximate surface area is 72.2 Å². The molecule has 5 atom stereocenters. The highest BCUT2D eigenvalue weighted by molar-refractivity contribution is 4.92. The fourth-order valence-electron chi connectivity index (χ4n) is 1.48. The van der Waals surface area contributed by atoms with E-state index in [0.29, 0.717) is 18.2 Å². The Bertz CT molecular complexity index is 176. The van der Waals surface area contributed by atoms with E-state index in [1.165, 1.54) is 0 Å². The van der Waals surface area contributed by atoms with Crippen LogP contribution in [0.25, 0.3) is 0 Å². The van der Waals surface area contributed by atoms with Gasteiger partial charge in [0, 0.05) is 13.2 Å². The molecule has 0 aromatic carbocycles. The van der Waals surface area contributed by atoms with Gasteiger partial charge in [0.15, 0.2) is 12.5 Å². The highest BCUT2D eigenvalue weighted by atomic mass is 16.8. The molecule has 0 radical (unpaired) electrons. The summed E-state index contributed by atoms with van der Waals surface area (Å²) in [6.07, 6.45) is 0.766. The van der Waals surface area contributed by atoms with Crippen LogP contribution in [-0.4, -0.2) is 37.9 Å². The van der Waals surface area contributed by atoms with Gasteiger partial charge in [-0.05, 0) is 13.8 Å². The molecular formula is C8H15NO3. The second-order valence-corrected chi connectivity index (χ2v) is 3.42. The molecular weight excluding hydrogens is 158 g/mol. The van der Waals surface area contributed by atoms with Gasteiger partial charge in [-0.2, -0.15) is 0 Å². The van der Waals surface area contributed by atoms with Crippen LogP contribution in [0.5, 0.6) is 0 Å². The summed E-state index contributed by atoms with van der Waals surface area (Å²) in [4.78, 5) is 0. The summed E-state index contributed by atoms with van der Waals surface area (Å²) < 4.78 is 15.5. The van der Waals surface area contributed by atoms with E-state index in [-0.39, 0.29) is 12.5 Å². The topological polar surface area (TPSA) is 46.3 Å². The number of hydrogen-bond acceptors (Lipinski definition) is 4. The van der Waals surface area contributed by atoms with E-state index in [4.69, 9.17) is 14.2 Å². The third-order valence-electron chi connectivity index (χ3n) is 2.36. The smallest absolute Gasteiger partial charge is 0.199 e. The van der Waals surface area contributed by atoms with Crippen molar-refractivity contribution in [3.8, 4) is 0 Å². The van der Waals surface area contributed by atoms with Crippen LogP contribution in [0.3, 0.4) is 0 Å². The first-order chi connectivity index (χ1) is 5.72. The van der Waals surface area contributed by atoms with E-state index in [0.717, 1.165) is 0 Å². The highest BCUT2D eigenvalue weighted by Crippen LogP contribution is 2.27. The van der Waals surface area contributed by atoms with Crippen molar-refractivity contribution in [3.05, 3.63) is 0 Å². The van der Waals surface area contributed by atoms with Gasteiger partial charge >= 0.3 is 0 Å². The van der Waals surface area contributed by atoms with E-state index in [1.807, 2.05) is 0 Å². The van der Waals surface area contributed by atoms with E-state index >= 15 is 0 Å². The van der Waals surface area contributed by atoms with Gasteiger partial charge in [-0.25, -0.2) is 0 Å². The molecule has 0 saturated carbocycles. The molecule has 0 bridgehead atoms. The minimum atomic E-state index is -0.0542. The number of ether oxygens (including phenoxy) is 3. The second kappa shape index (κ2) is 2.96. The lowest BCUT2D eigenvalue weighted by Crippen LogP contribution is -2.35. The second-order valence-electron chi connectivity index (χ2n) is 3.42. The molecule has 5 unspecified atom stereocenters. The molecule has 1 N–H and O–H groups in total. The van der Waals surface area contributed by atoms with Crippen LogP contribution in [0.15, 0.2) is 0 Å². The lowest BCUT2D eigenvalue weighted by Gasteiger charge is -2.07. The van der Waals surface area contributed by atoms with Gasteiger partial charge in [0.1, 0.15) is 0 Å². The van der Waals surface area contributed by atoms with E-state index in [1.54, 1.807) is 7.11 Å². The summed E-state index contributed by atoms with van der Waals surface area (Å²) in [6.45, 7) is 4.17. The average molecular weight is 173 g/mol. The van der Waals surface area contributed by atoms with Crippen LogP contribution in [0.1, 0.15) is 13.8 Å². The third kappa shape index (κ3) is 1.61. The van der Waals surface area contributed by atoms with Crippen LogP contribution < -0.4 is 5.32 Å². The zero-order valence-corrected chi connectivity index (χ0v) is 7.61. The molecule has 70 valence electrons. The normalized spacial score (nSPS) is 47.2. The molecule has 2 aliphatic heterocycles. The van der Waals surface area contributed by atoms with Crippen LogP contribution in [0.2, 0.25) is 0 Å². The summed E-state index contributed by atoms with van der Waals surface area (Å²) in [6, 6.07) is 0.352. The lowest BCUT2D eigenvalue weighted by atomic mass is 10.2. The lowest BCUT2D eigenvalue weighted by molar-refractivity contribution is 0.0950. The van der Waals surface area contributed by atoms with Gasteiger partial charge in [-0.1, -0.05) is 0 Å². The minimum absolute atomic E-state index is 0.0542. The van der Waals surface area contributed by atoms with Crippen molar-refractivity contribution in [3.63, 3.8) is 0 Å². The molecule has 2 heterocycles. The number of rotatable bonds is 4. The first kappa shape index (κ1) is 8.44. The van der Waals surface area contributed by atoms with Crippen molar-refractivity contribution in [1.82, 2.24) is 5.32 Å². The first-order valence-corrected chi connectivity index (χ1v) is 4.32. The number of methoxy groups -OCH3 is 1. The average Bonchev–Trinajstić information content (AvgIpc) is 2.88. The zero-order valence-electron chi connectivity index (χ0n) is 7.61. The fourth-order valence-corrected chi connectivity index (χ4v) is 1.48. The van der Waals surface area contributed by atoms with Crippen LogP contribution in [0, 0.1) is 0 Å². The van der Waals surface area contributed by atoms with E-state index in [2.05, 4.69) is 19.2 Å². The largest absolute Gasteiger partial charge is 0.368 e. The Balaban J connectivity index is 1.67. The SMILES string of the molecule is COC1OC1NC(C)C1OC1C. The molecule has 4 heteroatoms. The molecule has 4 nitrogen and oxygen atoms in total. The van der Waals surface area contributed by atoms with Crippen LogP contribution in [0.4, 0.5) is 0 Å². The van der Waals surface area contributed by atoms with Crippen molar-refractivity contribution in [1.29, 1.82) is 0 Å². The number of nitrogens with one attached hydrogen (secondary N) is 1. The molecule has 0 amide bonds. The molecule has 2 saturated heterocycles. The summed E-state index contributed by atoms with van der Waals surface area (Å²) in [5.41, 5.74) is 0. The Morgan fingerprint density at radius 2 is 2.08 bits per heavy atom. The maximum atomic E-state index is 5.32. The molecule has 0 aromatic heterocycles. The Kier molecular flexibility index (Phi) is 2.08. The van der Waals surface area contributed by atoms with Gasteiger partial charge < -0.3 is 14.2 Å². The van der Waals surface area contributed by atoms with Gasteiger partial charge in [0.05, 0.1) is 12.2 Å². The zero-order chi connectivity index (χ0) is 8.72. The van der Waals surface area contributed by atoms with Gasteiger partial charge in [0.2, 0.25) is 0 Å². The number of epoxide rings is 2.